The van der Waals surface area contributed by atoms with E-state index in [1.54, 1.807) is 24.3 Å². The number of nitrogens with zero attached hydrogens (tertiary/aromatic N) is 3. The summed E-state index contributed by atoms with van der Waals surface area (Å²) >= 11 is 1.51. The first-order chi connectivity index (χ1) is 12.8. The smallest absolute Gasteiger partial charge is 0.248 e. The number of hydrogen-bond acceptors (Lipinski definition) is 6. The number of carbonyl (C=O) groups excluding carboxylic acids is 1. The third-order valence-corrected chi connectivity index (χ3v) is 6.93. The van der Waals surface area contributed by atoms with Crippen molar-refractivity contribution in [3.8, 4) is 0 Å². The predicted octanol–water partition coefficient (Wildman–Crippen LogP) is 2.04. The first-order valence-electron chi connectivity index (χ1n) is 8.54. The van der Waals surface area contributed by atoms with Gasteiger partial charge in [0.25, 0.3) is 0 Å². The van der Waals surface area contributed by atoms with E-state index < -0.39 is 10.0 Å². The maximum atomic E-state index is 12.8. The van der Waals surface area contributed by atoms with Crippen LogP contribution >= 0.6 is 11.3 Å². The van der Waals surface area contributed by atoms with Gasteiger partial charge in [-0.05, 0) is 38.2 Å². The lowest BCUT2D eigenvalue weighted by atomic mass is 10.3. The number of hydrogen-bond donors (Lipinski definition) is 1. The molecule has 7 nitrogen and oxygen atoms in total. The summed E-state index contributed by atoms with van der Waals surface area (Å²) in [6.07, 6.45) is 3.01. The molecular weight excluding hydrogens is 384 g/mol. The summed E-state index contributed by atoms with van der Waals surface area (Å²) in [4.78, 5) is 18.6. The number of sulfonamides is 1. The number of thiazole rings is 1. The molecule has 144 valence electrons. The molecule has 0 unspecified atom stereocenters. The van der Waals surface area contributed by atoms with Crippen LogP contribution in [0.3, 0.4) is 0 Å². The molecule has 9 heteroatoms. The van der Waals surface area contributed by atoms with Gasteiger partial charge in [-0.2, -0.15) is 4.31 Å². The number of rotatable bonds is 5. The number of aromatic nitrogens is 1. The quantitative estimate of drug-likeness (QED) is 0.769. The first kappa shape index (κ1) is 19.7. The molecule has 0 atom stereocenters. The number of anilines is 1. The van der Waals surface area contributed by atoms with Crippen LogP contribution in [0.4, 0.5) is 5.69 Å². The highest BCUT2D eigenvalue weighted by Crippen LogP contribution is 2.21. The van der Waals surface area contributed by atoms with Crippen LogP contribution in [0.5, 0.6) is 0 Å². The van der Waals surface area contributed by atoms with Crippen molar-refractivity contribution in [2.75, 3.05) is 38.5 Å². The molecule has 0 saturated carbocycles. The van der Waals surface area contributed by atoms with Gasteiger partial charge in [-0.25, -0.2) is 13.4 Å². The third-order valence-electron chi connectivity index (χ3n) is 4.24. The summed E-state index contributed by atoms with van der Waals surface area (Å²) in [5, 5.41) is 5.49. The van der Waals surface area contributed by atoms with Gasteiger partial charge in [-0.1, -0.05) is 6.07 Å². The molecule has 1 aliphatic rings. The zero-order valence-corrected chi connectivity index (χ0v) is 16.9. The molecule has 1 N–H and O–H groups in total. The molecule has 2 aromatic rings. The van der Waals surface area contributed by atoms with Crippen molar-refractivity contribution in [1.29, 1.82) is 0 Å². The van der Waals surface area contributed by atoms with Gasteiger partial charge in [0.2, 0.25) is 15.9 Å². The van der Waals surface area contributed by atoms with Crippen LogP contribution in [0.15, 0.2) is 40.6 Å². The standard InChI is InChI=1S/C18H22N4O3S2/c1-14-19-16(13-26-14)6-7-18(23)20-15-4-3-5-17(12-15)27(24,25)22-10-8-21(2)9-11-22/h3-7,12-13H,8-11H2,1-2H3,(H,20,23). The molecule has 1 aromatic heterocycles. The predicted molar refractivity (Wildman–Crippen MR) is 107 cm³/mol. The van der Waals surface area contributed by atoms with Crippen LogP contribution in [0, 0.1) is 6.92 Å². The van der Waals surface area contributed by atoms with Crippen molar-refractivity contribution in [3.63, 3.8) is 0 Å². The highest BCUT2D eigenvalue weighted by atomic mass is 32.2. The van der Waals surface area contributed by atoms with E-state index >= 15 is 0 Å². The zero-order chi connectivity index (χ0) is 19.4. The molecule has 3 rings (SSSR count). The van der Waals surface area contributed by atoms with E-state index in [0.29, 0.717) is 31.9 Å². The Kier molecular flexibility index (Phi) is 6.05. The SMILES string of the molecule is Cc1nc(C=CC(=O)Nc2cccc(S(=O)(=O)N3CCN(C)CC3)c2)cs1. The molecule has 0 spiro atoms. The minimum atomic E-state index is -3.57. The van der Waals surface area contributed by atoms with Crippen LogP contribution in [-0.2, 0) is 14.8 Å². The van der Waals surface area contributed by atoms with E-state index in [2.05, 4.69) is 15.2 Å². The maximum Gasteiger partial charge on any atom is 0.248 e. The summed E-state index contributed by atoms with van der Waals surface area (Å²) in [6.45, 7) is 4.23. The highest BCUT2D eigenvalue weighted by Gasteiger charge is 2.27. The van der Waals surface area contributed by atoms with Gasteiger partial charge in [0.15, 0.2) is 0 Å². The van der Waals surface area contributed by atoms with Gasteiger partial charge >= 0.3 is 0 Å². The molecule has 1 aromatic carbocycles. The second-order valence-corrected chi connectivity index (χ2v) is 9.35. The number of carbonyl (C=O) groups is 1. The second kappa shape index (κ2) is 8.30. The Hall–Kier alpha value is -2.07. The third kappa shape index (κ3) is 5.01. The summed E-state index contributed by atoms with van der Waals surface area (Å²) in [5.41, 5.74) is 1.16. The van der Waals surface area contributed by atoms with Crippen molar-refractivity contribution in [2.45, 2.75) is 11.8 Å². The van der Waals surface area contributed by atoms with Crippen molar-refractivity contribution < 1.29 is 13.2 Å². The lowest BCUT2D eigenvalue weighted by molar-refractivity contribution is -0.111. The van der Waals surface area contributed by atoms with E-state index in [1.807, 2.05) is 19.4 Å². The van der Waals surface area contributed by atoms with Gasteiger partial charge in [0, 0.05) is 43.3 Å². The molecule has 0 aliphatic carbocycles. The minimum absolute atomic E-state index is 0.184. The average molecular weight is 407 g/mol. The molecule has 1 saturated heterocycles. The van der Waals surface area contributed by atoms with Gasteiger partial charge in [0.05, 0.1) is 15.6 Å². The monoisotopic (exact) mass is 406 g/mol. The van der Waals surface area contributed by atoms with Crippen molar-refractivity contribution >= 4 is 39.0 Å². The number of nitrogens with one attached hydrogen (secondary N) is 1. The van der Waals surface area contributed by atoms with Crippen molar-refractivity contribution in [1.82, 2.24) is 14.2 Å². The van der Waals surface area contributed by atoms with E-state index in [1.165, 1.54) is 27.8 Å². The first-order valence-corrected chi connectivity index (χ1v) is 10.9. The van der Waals surface area contributed by atoms with E-state index in [0.717, 1.165) is 10.7 Å². The topological polar surface area (TPSA) is 82.6 Å². The second-order valence-electron chi connectivity index (χ2n) is 6.35. The van der Waals surface area contributed by atoms with E-state index in [9.17, 15) is 13.2 Å². The van der Waals surface area contributed by atoms with Crippen LogP contribution < -0.4 is 5.32 Å². The molecule has 1 aliphatic heterocycles. The summed E-state index contributed by atoms with van der Waals surface area (Å²) in [5.74, 6) is -0.338. The molecule has 0 radical (unpaired) electrons. The van der Waals surface area contributed by atoms with Crippen molar-refractivity contribution in [2.24, 2.45) is 0 Å². The van der Waals surface area contributed by atoms with Crippen LogP contribution in [-0.4, -0.2) is 61.7 Å². The maximum absolute atomic E-state index is 12.8. The number of piperazine rings is 1. The Morgan fingerprint density at radius 1 is 1.26 bits per heavy atom. The number of benzene rings is 1. The highest BCUT2D eigenvalue weighted by molar-refractivity contribution is 7.89. The minimum Gasteiger partial charge on any atom is -0.322 e. The van der Waals surface area contributed by atoms with Gasteiger partial charge < -0.3 is 10.2 Å². The largest absolute Gasteiger partial charge is 0.322 e. The molecule has 27 heavy (non-hydrogen) atoms. The Labute approximate surface area is 163 Å². The van der Waals surface area contributed by atoms with Gasteiger partial charge in [0.1, 0.15) is 0 Å². The van der Waals surface area contributed by atoms with Crippen LogP contribution in [0.2, 0.25) is 0 Å². The normalized spacial score (nSPS) is 16.7. The molecule has 2 heterocycles. The Balaban J connectivity index is 1.69. The molecular formula is C18H22N4O3S2. The molecule has 1 amide bonds. The lowest BCUT2D eigenvalue weighted by Crippen LogP contribution is -2.47. The fourth-order valence-electron chi connectivity index (χ4n) is 2.71. The van der Waals surface area contributed by atoms with Crippen molar-refractivity contribution in [3.05, 3.63) is 46.4 Å². The van der Waals surface area contributed by atoms with Crippen LogP contribution in [0.1, 0.15) is 10.7 Å². The van der Waals surface area contributed by atoms with E-state index in [-0.39, 0.29) is 10.8 Å². The van der Waals surface area contributed by atoms with Gasteiger partial charge in [-0.15, -0.1) is 11.3 Å². The van der Waals surface area contributed by atoms with Gasteiger partial charge in [-0.3, -0.25) is 4.79 Å². The zero-order valence-electron chi connectivity index (χ0n) is 15.3. The van der Waals surface area contributed by atoms with E-state index in [4.69, 9.17) is 0 Å². The number of likely N-dealkylation sites (N-methyl/N-ethyl adjacent to an activating group) is 1. The molecule has 1 fully saturated rings. The molecule has 0 bridgehead atoms. The van der Waals surface area contributed by atoms with Crippen LogP contribution in [0.25, 0.3) is 6.08 Å². The Bertz CT molecular complexity index is 945. The number of aryl methyl sites for hydroxylation is 1. The Morgan fingerprint density at radius 2 is 2.00 bits per heavy atom. The fourth-order valence-corrected chi connectivity index (χ4v) is 4.76. The summed E-state index contributed by atoms with van der Waals surface area (Å²) in [7, 11) is -1.59. The fraction of sp³-hybridized carbons (Fsp3) is 0.333. The lowest BCUT2D eigenvalue weighted by Gasteiger charge is -2.31. The average Bonchev–Trinajstić information content (AvgIpc) is 3.06. The summed E-state index contributed by atoms with van der Waals surface area (Å²) < 4.78 is 27.1. The Morgan fingerprint density at radius 3 is 2.67 bits per heavy atom. The summed E-state index contributed by atoms with van der Waals surface area (Å²) in [6, 6.07) is 6.34. The number of amides is 1.